The molecule has 0 aliphatic carbocycles. The van der Waals surface area contributed by atoms with Crippen molar-refractivity contribution >= 4 is 38.6 Å². The zero-order valence-corrected chi connectivity index (χ0v) is 17.4. The number of para-hydroxylation sites is 1. The van der Waals surface area contributed by atoms with Gasteiger partial charge in [-0.15, -0.1) is 0 Å². The molecule has 0 saturated carbocycles. The minimum atomic E-state index is -0.0993. The average molecular weight is 437 g/mol. The second-order valence-corrected chi connectivity index (χ2v) is 7.57. The van der Waals surface area contributed by atoms with Gasteiger partial charge in [-0.05, 0) is 37.1 Å². The fourth-order valence-corrected chi connectivity index (χ4v) is 4.09. The number of hydrogen-bond donors (Lipinski definition) is 2. The summed E-state index contributed by atoms with van der Waals surface area (Å²) in [6.45, 7) is 5.11. The molecule has 2 aromatic heterocycles. The van der Waals surface area contributed by atoms with Gasteiger partial charge in [0.2, 0.25) is 5.91 Å². The summed E-state index contributed by atoms with van der Waals surface area (Å²) in [5, 5.41) is 11.5. The fourth-order valence-electron chi connectivity index (χ4n) is 3.66. The third-order valence-electron chi connectivity index (χ3n) is 4.95. The fraction of sp³-hybridized carbons (Fsp3) is 0.182. The van der Waals surface area contributed by atoms with Crippen LogP contribution in [0.2, 0.25) is 0 Å². The van der Waals surface area contributed by atoms with E-state index in [4.69, 9.17) is 0 Å². The molecule has 0 fully saturated rings. The maximum absolute atomic E-state index is 12.4. The average Bonchev–Trinajstić information content (AvgIpc) is 3.25. The van der Waals surface area contributed by atoms with E-state index in [1.54, 1.807) is 0 Å². The number of halogens is 1. The van der Waals surface area contributed by atoms with Crippen molar-refractivity contribution in [3.63, 3.8) is 0 Å². The van der Waals surface area contributed by atoms with E-state index in [1.807, 2.05) is 30.3 Å². The zero-order chi connectivity index (χ0) is 19.7. The largest absolute Gasteiger partial charge is 0.339 e. The second kappa shape index (κ2) is 7.64. The predicted octanol–water partition coefficient (Wildman–Crippen LogP) is 5.30. The number of rotatable bonds is 5. The van der Waals surface area contributed by atoms with Gasteiger partial charge in [-0.25, -0.2) is 0 Å². The number of aromatic nitrogens is 3. The van der Waals surface area contributed by atoms with Gasteiger partial charge in [0.15, 0.2) is 5.82 Å². The van der Waals surface area contributed by atoms with Gasteiger partial charge in [-0.2, -0.15) is 5.10 Å². The van der Waals surface area contributed by atoms with Gasteiger partial charge in [0.05, 0.1) is 17.8 Å². The maximum atomic E-state index is 12.4. The lowest BCUT2D eigenvalue weighted by atomic mass is 10.1. The molecule has 2 aromatic carbocycles. The van der Waals surface area contributed by atoms with Crippen LogP contribution in [0.4, 0.5) is 5.82 Å². The summed E-state index contributed by atoms with van der Waals surface area (Å²) in [6.07, 6.45) is 0.290. The number of fused-ring (bicyclic) bond motifs is 1. The molecule has 142 valence electrons. The second-order valence-electron chi connectivity index (χ2n) is 6.72. The molecular weight excluding hydrogens is 416 g/mol. The van der Waals surface area contributed by atoms with Crippen molar-refractivity contribution in [3.8, 4) is 11.4 Å². The van der Waals surface area contributed by atoms with E-state index in [1.165, 1.54) is 16.5 Å². The lowest BCUT2D eigenvalue weighted by molar-refractivity contribution is -0.115. The summed E-state index contributed by atoms with van der Waals surface area (Å²) >= 11 is 3.48. The molecule has 28 heavy (non-hydrogen) atoms. The molecule has 0 bridgehead atoms. The first kappa shape index (κ1) is 18.5. The van der Waals surface area contributed by atoms with Gasteiger partial charge in [-0.1, -0.05) is 52.3 Å². The van der Waals surface area contributed by atoms with E-state index >= 15 is 0 Å². The minimum absolute atomic E-state index is 0.0993. The number of H-pyrrole nitrogens is 1. The number of amides is 1. The molecule has 0 atom stereocenters. The van der Waals surface area contributed by atoms with E-state index in [2.05, 4.69) is 74.1 Å². The number of anilines is 1. The van der Waals surface area contributed by atoms with Crippen molar-refractivity contribution in [1.29, 1.82) is 0 Å². The highest BCUT2D eigenvalue weighted by molar-refractivity contribution is 9.10. The molecule has 6 heteroatoms. The zero-order valence-electron chi connectivity index (χ0n) is 15.8. The van der Waals surface area contributed by atoms with Crippen molar-refractivity contribution in [2.45, 2.75) is 26.8 Å². The van der Waals surface area contributed by atoms with Crippen molar-refractivity contribution in [2.75, 3.05) is 5.32 Å². The smallest absolute Gasteiger partial charge is 0.230 e. The van der Waals surface area contributed by atoms with Crippen LogP contribution in [0.25, 0.3) is 22.3 Å². The first-order chi connectivity index (χ1) is 13.6. The molecule has 0 unspecified atom stereocenters. The molecule has 2 heterocycles. The van der Waals surface area contributed by atoms with Crippen LogP contribution in [0.15, 0.2) is 59.1 Å². The highest BCUT2D eigenvalue weighted by Gasteiger charge is 2.17. The standard InChI is InChI=1S/C22H21BrN4O/c1-3-27-19-11-7-5-9-16(19)14(2)22(27)18-13-20(26-25-18)24-21(28)12-15-8-4-6-10-17(15)23/h4-11,13H,3,12H2,1-2H3,(H2,24,25,26,28). The number of nitrogens with zero attached hydrogens (tertiary/aromatic N) is 2. The van der Waals surface area contributed by atoms with E-state index in [0.717, 1.165) is 28.0 Å². The Morgan fingerprint density at radius 2 is 1.93 bits per heavy atom. The maximum Gasteiger partial charge on any atom is 0.230 e. The number of hydrogen-bond acceptors (Lipinski definition) is 2. The third kappa shape index (κ3) is 3.36. The van der Waals surface area contributed by atoms with Gasteiger partial charge < -0.3 is 9.88 Å². The first-order valence-electron chi connectivity index (χ1n) is 9.25. The van der Waals surface area contributed by atoms with E-state index in [-0.39, 0.29) is 12.3 Å². The van der Waals surface area contributed by atoms with Gasteiger partial charge in [-0.3, -0.25) is 9.89 Å². The van der Waals surface area contributed by atoms with E-state index in [9.17, 15) is 4.79 Å². The highest BCUT2D eigenvalue weighted by Crippen LogP contribution is 2.33. The SMILES string of the molecule is CCn1c(-c2cc(NC(=O)Cc3ccccc3Br)n[nH]2)c(C)c2ccccc21. The number of carbonyl (C=O) groups is 1. The summed E-state index contributed by atoms with van der Waals surface area (Å²) in [5.74, 6) is 0.428. The Bertz CT molecular complexity index is 1160. The van der Waals surface area contributed by atoms with Gasteiger partial charge >= 0.3 is 0 Å². The van der Waals surface area contributed by atoms with Crippen molar-refractivity contribution in [2.24, 2.45) is 0 Å². The van der Waals surface area contributed by atoms with Gasteiger partial charge in [0.25, 0.3) is 0 Å². The quantitative estimate of drug-likeness (QED) is 0.445. The molecule has 4 rings (SSSR count). The lowest BCUT2D eigenvalue weighted by Gasteiger charge is -2.06. The van der Waals surface area contributed by atoms with E-state index in [0.29, 0.717) is 5.82 Å². The van der Waals surface area contributed by atoms with Crippen molar-refractivity contribution < 1.29 is 4.79 Å². The van der Waals surface area contributed by atoms with Crippen molar-refractivity contribution in [1.82, 2.24) is 14.8 Å². The van der Waals surface area contributed by atoms with Crippen LogP contribution in [0.5, 0.6) is 0 Å². The lowest BCUT2D eigenvalue weighted by Crippen LogP contribution is -2.14. The normalized spacial score (nSPS) is 11.1. The van der Waals surface area contributed by atoms with Gasteiger partial charge in [0.1, 0.15) is 0 Å². The number of benzene rings is 2. The van der Waals surface area contributed by atoms with Crippen LogP contribution in [-0.2, 0) is 17.8 Å². The number of nitrogens with one attached hydrogen (secondary N) is 2. The van der Waals surface area contributed by atoms with E-state index < -0.39 is 0 Å². The number of carbonyl (C=O) groups excluding carboxylic acids is 1. The molecule has 0 spiro atoms. The third-order valence-corrected chi connectivity index (χ3v) is 5.72. The topological polar surface area (TPSA) is 62.7 Å². The minimum Gasteiger partial charge on any atom is -0.339 e. The molecule has 4 aromatic rings. The Hall–Kier alpha value is -2.86. The molecule has 1 amide bonds. The van der Waals surface area contributed by atoms with Crippen LogP contribution in [0.3, 0.4) is 0 Å². The molecule has 5 nitrogen and oxygen atoms in total. The summed E-state index contributed by atoms with van der Waals surface area (Å²) in [5.41, 5.74) is 5.34. The highest BCUT2D eigenvalue weighted by atomic mass is 79.9. The molecule has 0 aliphatic rings. The summed E-state index contributed by atoms with van der Waals surface area (Å²) in [4.78, 5) is 12.4. The predicted molar refractivity (Wildman–Crippen MR) is 116 cm³/mol. The Balaban J connectivity index is 1.60. The Morgan fingerprint density at radius 3 is 2.71 bits per heavy atom. The Kier molecular flexibility index (Phi) is 5.05. The van der Waals surface area contributed by atoms with Crippen LogP contribution in [0, 0.1) is 6.92 Å². The van der Waals surface area contributed by atoms with Crippen LogP contribution >= 0.6 is 15.9 Å². The molecule has 0 aliphatic heterocycles. The van der Waals surface area contributed by atoms with Crippen LogP contribution in [-0.4, -0.2) is 20.7 Å². The molecule has 0 radical (unpaired) electrons. The number of aryl methyl sites for hydroxylation is 2. The number of aromatic amines is 1. The Morgan fingerprint density at radius 1 is 1.18 bits per heavy atom. The summed E-state index contributed by atoms with van der Waals surface area (Å²) < 4.78 is 3.20. The molecule has 0 saturated heterocycles. The monoisotopic (exact) mass is 436 g/mol. The first-order valence-corrected chi connectivity index (χ1v) is 10.0. The summed E-state index contributed by atoms with van der Waals surface area (Å²) in [7, 11) is 0. The van der Waals surface area contributed by atoms with Gasteiger partial charge in [0, 0.05) is 28.0 Å². The molecule has 2 N–H and O–H groups in total. The van der Waals surface area contributed by atoms with Crippen LogP contribution in [0.1, 0.15) is 18.1 Å². The van der Waals surface area contributed by atoms with Crippen molar-refractivity contribution in [3.05, 3.63) is 70.2 Å². The molecular formula is C22H21BrN4O. The van der Waals surface area contributed by atoms with Crippen LogP contribution < -0.4 is 5.32 Å². The summed E-state index contributed by atoms with van der Waals surface area (Å²) in [6, 6.07) is 18.0. The Labute approximate surface area is 171 Å².